The Hall–Kier alpha value is -2.55. The van der Waals surface area contributed by atoms with Gasteiger partial charge >= 0.3 is 0 Å². The van der Waals surface area contributed by atoms with Gasteiger partial charge in [-0.25, -0.2) is 0 Å². The number of carboxylic acids is 1. The fraction of sp³-hybridized carbons (Fsp3) is 0.0625. The third-order valence-electron chi connectivity index (χ3n) is 2.78. The molecule has 0 amide bonds. The van der Waals surface area contributed by atoms with Crippen LogP contribution in [0, 0.1) is 0 Å². The summed E-state index contributed by atoms with van der Waals surface area (Å²) in [7, 11) is 0. The van der Waals surface area contributed by atoms with Crippen molar-refractivity contribution in [2.75, 3.05) is 0 Å². The Morgan fingerprint density at radius 1 is 1.11 bits per heavy atom. The van der Waals surface area contributed by atoms with Gasteiger partial charge in [0, 0.05) is 6.42 Å². The highest BCUT2D eigenvalue weighted by atomic mass is 16.4. The minimum absolute atomic E-state index is 0.281. The zero-order valence-corrected chi connectivity index (χ0v) is 10.2. The predicted molar refractivity (Wildman–Crippen MR) is 71.4 cm³/mol. The Morgan fingerprint density at radius 2 is 1.79 bits per heavy atom. The molecule has 0 fully saturated rings. The molecule has 0 spiro atoms. The number of hydrogen-bond acceptors (Lipinski definition) is 3. The molecular formula is C16H13O3-. The molecule has 2 aromatic rings. The van der Waals surface area contributed by atoms with Crippen molar-refractivity contribution in [1.82, 2.24) is 0 Å². The van der Waals surface area contributed by atoms with E-state index in [-0.39, 0.29) is 5.75 Å². The second-order valence-electron chi connectivity index (χ2n) is 4.20. The molecule has 0 unspecified atom stereocenters. The number of carbonyl (C=O) groups excluding carboxylic acids is 1. The van der Waals surface area contributed by atoms with E-state index in [1.54, 1.807) is 12.1 Å². The van der Waals surface area contributed by atoms with Gasteiger partial charge in [-0.2, -0.15) is 0 Å². The van der Waals surface area contributed by atoms with Gasteiger partial charge in [0.05, 0.1) is 5.97 Å². The number of carbonyl (C=O) groups is 1. The van der Waals surface area contributed by atoms with Crippen molar-refractivity contribution in [3.63, 3.8) is 0 Å². The van der Waals surface area contributed by atoms with Crippen LogP contribution < -0.4 is 5.11 Å². The van der Waals surface area contributed by atoms with Crippen LogP contribution >= 0.6 is 0 Å². The van der Waals surface area contributed by atoms with Crippen molar-refractivity contribution >= 4 is 12.0 Å². The minimum Gasteiger partial charge on any atom is -0.545 e. The number of aromatic hydroxyl groups is 1. The molecule has 1 N–H and O–H groups in total. The topological polar surface area (TPSA) is 60.4 Å². The van der Waals surface area contributed by atoms with E-state index in [2.05, 4.69) is 0 Å². The van der Waals surface area contributed by atoms with E-state index in [4.69, 9.17) is 0 Å². The van der Waals surface area contributed by atoms with Crippen molar-refractivity contribution in [3.05, 3.63) is 71.3 Å². The third kappa shape index (κ3) is 3.71. The first-order chi connectivity index (χ1) is 9.15. The Morgan fingerprint density at radius 3 is 2.42 bits per heavy atom. The second-order valence-corrected chi connectivity index (χ2v) is 4.20. The highest BCUT2D eigenvalue weighted by Gasteiger charge is 2.01. The van der Waals surface area contributed by atoms with E-state index in [0.717, 1.165) is 22.8 Å². The quantitative estimate of drug-likeness (QED) is 0.844. The van der Waals surface area contributed by atoms with Gasteiger partial charge in [-0.1, -0.05) is 48.5 Å². The summed E-state index contributed by atoms with van der Waals surface area (Å²) in [4.78, 5) is 10.3. The number of benzene rings is 2. The fourth-order valence-corrected chi connectivity index (χ4v) is 1.79. The van der Waals surface area contributed by atoms with Crippen LogP contribution in [0.5, 0.6) is 5.75 Å². The van der Waals surface area contributed by atoms with Crippen LogP contribution in [0.15, 0.2) is 54.6 Å². The van der Waals surface area contributed by atoms with Crippen LogP contribution in [0.3, 0.4) is 0 Å². The summed E-state index contributed by atoms with van der Waals surface area (Å²) < 4.78 is 0. The summed E-state index contributed by atoms with van der Waals surface area (Å²) in [6.45, 7) is 0. The Bertz CT molecular complexity index is 598. The molecule has 0 atom stereocenters. The van der Waals surface area contributed by atoms with Crippen LogP contribution in [0.2, 0.25) is 0 Å². The first-order valence-corrected chi connectivity index (χ1v) is 5.90. The average molecular weight is 253 g/mol. The molecule has 3 heteroatoms. The minimum atomic E-state index is -1.21. The van der Waals surface area contributed by atoms with E-state index in [1.807, 2.05) is 36.4 Å². The number of aliphatic carboxylic acids is 1. The smallest absolute Gasteiger partial charge is 0.119 e. The van der Waals surface area contributed by atoms with Crippen molar-refractivity contribution in [3.8, 4) is 5.75 Å². The molecule has 19 heavy (non-hydrogen) atoms. The number of phenols is 1. The van der Waals surface area contributed by atoms with E-state index < -0.39 is 5.97 Å². The number of rotatable bonds is 4. The van der Waals surface area contributed by atoms with Gasteiger partial charge in [-0.3, -0.25) is 0 Å². The lowest BCUT2D eigenvalue weighted by Gasteiger charge is -2.05. The number of hydrogen-bond donors (Lipinski definition) is 1. The Balaban J connectivity index is 2.11. The van der Waals surface area contributed by atoms with E-state index in [1.165, 1.54) is 6.08 Å². The Kier molecular flexibility index (Phi) is 3.98. The van der Waals surface area contributed by atoms with Crippen LogP contribution in [-0.4, -0.2) is 11.1 Å². The largest absolute Gasteiger partial charge is 0.545 e. The molecule has 0 aliphatic rings. The summed E-state index contributed by atoms with van der Waals surface area (Å²) in [6.07, 6.45) is 3.12. The molecule has 0 aromatic heterocycles. The van der Waals surface area contributed by atoms with E-state index in [0.29, 0.717) is 6.42 Å². The van der Waals surface area contributed by atoms with Crippen LogP contribution in [0.4, 0.5) is 0 Å². The van der Waals surface area contributed by atoms with Crippen LogP contribution in [0.1, 0.15) is 16.7 Å². The molecule has 0 bridgehead atoms. The monoisotopic (exact) mass is 253 g/mol. The van der Waals surface area contributed by atoms with Gasteiger partial charge < -0.3 is 15.0 Å². The number of phenolic OH excluding ortho intramolecular Hbond substituents is 1. The first-order valence-electron chi connectivity index (χ1n) is 5.90. The maximum Gasteiger partial charge on any atom is 0.119 e. The third-order valence-corrected chi connectivity index (χ3v) is 2.78. The normalized spacial score (nSPS) is 10.7. The van der Waals surface area contributed by atoms with Gasteiger partial charge in [-0.15, -0.1) is 0 Å². The average Bonchev–Trinajstić information content (AvgIpc) is 2.40. The van der Waals surface area contributed by atoms with Crippen LogP contribution in [-0.2, 0) is 11.2 Å². The lowest BCUT2D eigenvalue weighted by Crippen LogP contribution is -2.18. The van der Waals surface area contributed by atoms with Crippen molar-refractivity contribution in [2.45, 2.75) is 6.42 Å². The predicted octanol–water partition coefficient (Wildman–Crippen LogP) is 1.75. The van der Waals surface area contributed by atoms with Gasteiger partial charge in [0.1, 0.15) is 5.75 Å². The summed E-state index contributed by atoms with van der Waals surface area (Å²) in [6, 6.07) is 14.7. The first kappa shape index (κ1) is 12.9. The molecule has 0 radical (unpaired) electrons. The van der Waals surface area contributed by atoms with E-state index >= 15 is 0 Å². The molecule has 2 aromatic carbocycles. The number of carboxylic acid groups (broad SMARTS) is 1. The molecule has 0 aliphatic carbocycles. The van der Waals surface area contributed by atoms with Crippen molar-refractivity contribution in [2.24, 2.45) is 0 Å². The zero-order valence-electron chi connectivity index (χ0n) is 10.2. The molecule has 96 valence electrons. The van der Waals surface area contributed by atoms with Gasteiger partial charge in [0.25, 0.3) is 0 Å². The second kappa shape index (κ2) is 5.87. The molecule has 0 saturated carbocycles. The highest BCUT2D eigenvalue weighted by Crippen LogP contribution is 2.20. The van der Waals surface area contributed by atoms with E-state index in [9.17, 15) is 15.0 Å². The molecule has 0 heterocycles. The van der Waals surface area contributed by atoms with Gasteiger partial charge in [0.15, 0.2) is 0 Å². The molecule has 2 rings (SSSR count). The number of para-hydroxylation sites is 1. The maximum atomic E-state index is 10.3. The maximum absolute atomic E-state index is 10.3. The molecule has 0 saturated heterocycles. The Labute approximate surface area is 111 Å². The fourth-order valence-electron chi connectivity index (χ4n) is 1.79. The standard InChI is InChI=1S/C16H14O3/c17-15-4-2-1-3-14(15)11-13-7-5-12(6-8-13)9-10-16(18)19/h1-10,17H,11H2,(H,18,19)/p-1/b10-9+. The zero-order chi connectivity index (χ0) is 13.7. The summed E-state index contributed by atoms with van der Waals surface area (Å²) in [5, 5.41) is 20.0. The highest BCUT2D eigenvalue weighted by molar-refractivity contribution is 5.83. The van der Waals surface area contributed by atoms with Gasteiger partial charge in [0.2, 0.25) is 0 Å². The molecule has 0 aliphatic heterocycles. The SMILES string of the molecule is O=C([O-])/C=C/c1ccc(Cc2ccccc2O)cc1. The summed E-state index contributed by atoms with van der Waals surface area (Å²) in [5.41, 5.74) is 2.71. The van der Waals surface area contributed by atoms with Crippen LogP contribution in [0.25, 0.3) is 6.08 Å². The van der Waals surface area contributed by atoms with Crippen molar-refractivity contribution in [1.29, 1.82) is 0 Å². The molecule has 3 nitrogen and oxygen atoms in total. The summed E-state index contributed by atoms with van der Waals surface area (Å²) in [5.74, 6) is -0.929. The summed E-state index contributed by atoms with van der Waals surface area (Å²) >= 11 is 0. The van der Waals surface area contributed by atoms with Crippen molar-refractivity contribution < 1.29 is 15.0 Å². The lowest BCUT2D eigenvalue weighted by molar-refractivity contribution is -0.297. The lowest BCUT2D eigenvalue weighted by atomic mass is 10.0. The van der Waals surface area contributed by atoms with Gasteiger partial charge in [-0.05, 0) is 28.8 Å². The molecular weight excluding hydrogens is 240 g/mol.